The standard InChI is InChI=1S/C25H24N6O2/c1-2-21(32)30-14-6-7-18(15-30)31-25-22(24(26)27-16-28-25)23(29-31)17-10-12-20(13-11-17)33-19-8-4-3-5-9-19/h2-5,8-13,16,18H,1,6-7,14-15H2,(H2,26,27,28)/t18-/m1/s1/i6D2,7D2,14D2,15D2,16D,18D. The summed E-state index contributed by atoms with van der Waals surface area (Å²) in [7, 11) is 0. The zero-order chi connectivity index (χ0) is 31.8. The Morgan fingerprint density at radius 1 is 1.27 bits per heavy atom. The van der Waals surface area contributed by atoms with Gasteiger partial charge in [-0.25, -0.2) is 9.67 Å². The van der Waals surface area contributed by atoms with Gasteiger partial charge in [0.1, 0.15) is 24.2 Å². The average Bonchev–Trinajstić information content (AvgIpc) is 3.32. The van der Waals surface area contributed by atoms with E-state index in [1.54, 1.807) is 36.4 Å². The minimum Gasteiger partial charge on any atom is -0.457 e. The van der Waals surface area contributed by atoms with Crippen LogP contribution in [0.2, 0.25) is 0 Å². The van der Waals surface area contributed by atoms with Crippen molar-refractivity contribution in [2.24, 2.45) is 0 Å². The molecule has 0 bridgehead atoms. The summed E-state index contributed by atoms with van der Waals surface area (Å²) >= 11 is 0. The van der Waals surface area contributed by atoms with Gasteiger partial charge in [-0.1, -0.05) is 24.8 Å². The van der Waals surface area contributed by atoms with Crippen LogP contribution >= 0.6 is 0 Å². The second kappa shape index (κ2) is 8.74. The fourth-order valence-corrected chi connectivity index (χ4v) is 3.23. The van der Waals surface area contributed by atoms with Crippen LogP contribution in [-0.4, -0.2) is 43.5 Å². The highest BCUT2D eigenvalue weighted by Gasteiger charge is 2.27. The number of hydrogen-bond donors (Lipinski definition) is 2. The van der Waals surface area contributed by atoms with Gasteiger partial charge >= 0.3 is 0 Å². The van der Waals surface area contributed by atoms with Crippen LogP contribution in [0.15, 0.2) is 73.6 Å². The van der Waals surface area contributed by atoms with Crippen molar-refractivity contribution in [3.63, 3.8) is 0 Å². The van der Waals surface area contributed by atoms with Gasteiger partial charge in [0.2, 0.25) is 5.91 Å². The molecule has 4 aromatic rings. The van der Waals surface area contributed by atoms with Gasteiger partial charge in [0, 0.05) is 26.8 Å². The topological polar surface area (TPSA) is 99.9 Å². The molecule has 2 N–H and O–H groups in total. The Labute approximate surface area is 204 Å². The largest absolute Gasteiger partial charge is 0.457 e. The molecule has 1 aliphatic rings. The number of piperidine rings is 1. The highest BCUT2D eigenvalue weighted by Crippen LogP contribution is 2.31. The summed E-state index contributed by atoms with van der Waals surface area (Å²) in [6, 6.07) is 11.6. The lowest BCUT2D eigenvalue weighted by Gasteiger charge is -2.32. The summed E-state index contributed by atoms with van der Waals surface area (Å²) in [6.45, 7) is -3.99. The molecule has 1 fully saturated rings. The third kappa shape index (κ3) is 4.03. The van der Waals surface area contributed by atoms with Gasteiger partial charge in [0.25, 0.3) is 0 Å². The maximum absolute atomic E-state index is 12.8. The number of nitrogens with zero attached hydrogens (tertiary/aromatic N) is 4. The molecule has 0 aliphatic carbocycles. The number of amides is 1. The second-order valence-corrected chi connectivity index (χ2v) is 6.82. The Kier molecular flexibility index (Phi) is 3.22. The molecule has 166 valence electrons. The molecule has 1 saturated heterocycles. The van der Waals surface area contributed by atoms with E-state index in [0.717, 1.165) is 0 Å². The molecule has 3 heterocycles. The van der Waals surface area contributed by atoms with Crippen molar-refractivity contribution in [2.45, 2.75) is 18.8 Å². The van der Waals surface area contributed by atoms with Crippen molar-refractivity contribution < 1.29 is 23.2 Å². The fourth-order valence-electron chi connectivity index (χ4n) is 3.23. The molecular weight excluding hydrogens is 416 g/mol. The van der Waals surface area contributed by atoms with E-state index in [4.69, 9.17) is 22.5 Å². The van der Waals surface area contributed by atoms with Crippen LogP contribution in [-0.2, 0) is 4.79 Å². The Balaban J connectivity index is 1.78. The number of rotatable bonds is 5. The van der Waals surface area contributed by atoms with Gasteiger partial charge in [0.05, 0.1) is 21.8 Å². The predicted molar refractivity (Wildman–Crippen MR) is 125 cm³/mol. The van der Waals surface area contributed by atoms with E-state index >= 15 is 0 Å². The number of fused-ring (bicyclic) bond motifs is 1. The lowest BCUT2D eigenvalue weighted by molar-refractivity contribution is -0.127. The summed E-state index contributed by atoms with van der Waals surface area (Å²) < 4.78 is 92.1. The molecule has 5 rings (SSSR count). The predicted octanol–water partition coefficient (Wildman–Crippen LogP) is 4.05. The normalized spacial score (nSPS) is 28.8. The molecule has 0 unspecified atom stereocenters. The van der Waals surface area contributed by atoms with Crippen molar-refractivity contribution in [1.29, 1.82) is 5.41 Å². The molecule has 1 amide bonds. The lowest BCUT2D eigenvalue weighted by atomic mass is 10.1. The number of ether oxygens (including phenoxy) is 1. The smallest absolute Gasteiger partial charge is 0.246 e. The van der Waals surface area contributed by atoms with Gasteiger partial charge in [0.15, 0.2) is 5.49 Å². The van der Waals surface area contributed by atoms with E-state index in [1.165, 1.54) is 12.1 Å². The minimum atomic E-state index is -3.73. The van der Waals surface area contributed by atoms with E-state index in [0.29, 0.717) is 22.3 Å². The average molecular weight is 451 g/mol. The first kappa shape index (κ1) is 12.2. The molecule has 2 aromatic heterocycles. The number of aromatic amines is 1. The van der Waals surface area contributed by atoms with Crippen LogP contribution in [0.25, 0.3) is 22.3 Å². The van der Waals surface area contributed by atoms with E-state index in [1.807, 2.05) is 6.07 Å². The maximum Gasteiger partial charge on any atom is 0.246 e. The minimum absolute atomic E-state index is 0.107. The summed E-state index contributed by atoms with van der Waals surface area (Å²) in [5.41, 5.74) is -0.813. The van der Waals surface area contributed by atoms with Crippen molar-refractivity contribution in [2.75, 3.05) is 13.0 Å². The van der Waals surface area contributed by atoms with Gasteiger partial charge in [-0.3, -0.25) is 10.2 Å². The SMILES string of the molecule is [2H]c1nc(=N)c2c(-c3ccc(Oc4ccccc4)cc3)nn([C@@]3([2H])C([2H])([2H])N(C(=O)C=C)C([2H])([2H])C([2H])([2H])C3([2H])[2H])c2[nH]1. The maximum atomic E-state index is 12.8. The second-order valence-electron chi connectivity index (χ2n) is 6.82. The highest BCUT2D eigenvalue weighted by atomic mass is 16.5. The molecule has 0 radical (unpaired) electrons. The van der Waals surface area contributed by atoms with Crippen LogP contribution in [0, 0.1) is 5.41 Å². The van der Waals surface area contributed by atoms with Crippen LogP contribution < -0.4 is 10.2 Å². The Hall–Kier alpha value is -4.20. The number of carbonyl (C=O) groups excluding carboxylic acids is 1. The van der Waals surface area contributed by atoms with Crippen LogP contribution in [0.4, 0.5) is 0 Å². The van der Waals surface area contributed by atoms with Crippen molar-refractivity contribution in [3.05, 3.63) is 79.0 Å². The van der Waals surface area contributed by atoms with E-state index < -0.39 is 55.1 Å². The molecular formula is C25H24N6O2. The first-order chi connectivity index (χ1) is 19.9. The number of aromatic nitrogens is 4. The molecule has 8 nitrogen and oxygen atoms in total. The Morgan fingerprint density at radius 3 is 2.79 bits per heavy atom. The molecule has 33 heavy (non-hydrogen) atoms. The quantitative estimate of drug-likeness (QED) is 0.448. The number of likely N-dealkylation sites (tertiary alicyclic amines) is 1. The van der Waals surface area contributed by atoms with Crippen molar-refractivity contribution in [1.82, 2.24) is 24.6 Å². The van der Waals surface area contributed by atoms with Crippen molar-refractivity contribution >= 4 is 16.9 Å². The summed E-state index contributed by atoms with van der Waals surface area (Å²) in [4.78, 5) is 18.8. The Morgan fingerprint density at radius 2 is 2.03 bits per heavy atom. The monoisotopic (exact) mass is 450 g/mol. The third-order valence-corrected chi connectivity index (χ3v) is 4.74. The number of nitrogens with one attached hydrogen (secondary N) is 2. The summed E-state index contributed by atoms with van der Waals surface area (Å²) in [5, 5.41) is 12.6. The lowest BCUT2D eigenvalue weighted by Crippen LogP contribution is -2.40. The molecule has 2 aromatic carbocycles. The van der Waals surface area contributed by atoms with Crippen molar-refractivity contribution in [3.8, 4) is 22.8 Å². The first-order valence-electron chi connectivity index (χ1n) is 14.8. The molecule has 0 spiro atoms. The van der Waals surface area contributed by atoms with Gasteiger partial charge < -0.3 is 14.6 Å². The fraction of sp³-hybridized carbons (Fsp3) is 0.200. The number of benzene rings is 2. The number of hydrogen-bond acceptors (Lipinski definition) is 5. The van der Waals surface area contributed by atoms with Crippen LogP contribution in [0.3, 0.4) is 0 Å². The first-order valence-corrected chi connectivity index (χ1v) is 9.78. The molecule has 8 heteroatoms. The summed E-state index contributed by atoms with van der Waals surface area (Å²) in [6.07, 6.45) is -7.52. The van der Waals surface area contributed by atoms with E-state index in [9.17, 15) is 6.17 Å². The number of H-pyrrole nitrogens is 1. The molecule has 1 atom stereocenters. The van der Waals surface area contributed by atoms with Crippen LogP contribution in [0.5, 0.6) is 11.5 Å². The number of carbonyl (C=O) groups is 1. The zero-order valence-electron chi connectivity index (χ0n) is 27.1. The van der Waals surface area contributed by atoms with Crippen LogP contribution in [0.1, 0.15) is 32.5 Å². The van der Waals surface area contributed by atoms with Gasteiger partial charge in [-0.05, 0) is 55.2 Å². The van der Waals surface area contributed by atoms with E-state index in [-0.39, 0.29) is 21.5 Å². The van der Waals surface area contributed by atoms with E-state index in [2.05, 4.69) is 21.6 Å². The van der Waals surface area contributed by atoms with Gasteiger partial charge in [-0.2, -0.15) is 5.10 Å². The highest BCUT2D eigenvalue weighted by molar-refractivity contribution is 5.90. The number of para-hydroxylation sites is 1. The summed E-state index contributed by atoms with van der Waals surface area (Å²) in [5.74, 6) is -0.454. The van der Waals surface area contributed by atoms with Gasteiger partial charge in [-0.15, -0.1) is 0 Å². The molecule has 0 saturated carbocycles. The zero-order valence-corrected chi connectivity index (χ0v) is 17.1. The Bertz CT molecular complexity index is 1810. The third-order valence-electron chi connectivity index (χ3n) is 4.74. The molecule has 1 aliphatic heterocycles.